The molecule has 1 aliphatic heterocycles. The molecule has 0 radical (unpaired) electrons. The number of amides is 1. The van der Waals surface area contributed by atoms with Crippen molar-refractivity contribution in [2.24, 2.45) is 5.41 Å². The zero-order valence-electron chi connectivity index (χ0n) is 16.7. The van der Waals surface area contributed by atoms with Crippen LogP contribution in [0.4, 0.5) is 23.8 Å². The van der Waals surface area contributed by atoms with Gasteiger partial charge in [0.1, 0.15) is 11.4 Å². The molecule has 3 rings (SSSR count). The Labute approximate surface area is 163 Å². The maximum absolute atomic E-state index is 12.6. The van der Waals surface area contributed by atoms with Gasteiger partial charge in [-0.15, -0.1) is 0 Å². The highest BCUT2D eigenvalue weighted by Gasteiger charge is 2.48. The van der Waals surface area contributed by atoms with Crippen LogP contribution in [0.2, 0.25) is 0 Å². The minimum Gasteiger partial charge on any atom is -0.444 e. The first kappa shape index (κ1) is 20.7. The third kappa shape index (κ3) is 4.50. The van der Waals surface area contributed by atoms with E-state index in [0.717, 1.165) is 31.9 Å². The number of anilines is 1. The number of halogens is 3. The average molecular weight is 400 g/mol. The van der Waals surface area contributed by atoms with E-state index < -0.39 is 17.5 Å². The summed E-state index contributed by atoms with van der Waals surface area (Å²) in [6, 6.07) is 0.201. The summed E-state index contributed by atoms with van der Waals surface area (Å²) in [5.74, 6) is 0.443. The molecule has 2 fully saturated rings. The molecular formula is C19H27F3N4O2. The van der Waals surface area contributed by atoms with Gasteiger partial charge < -0.3 is 14.5 Å². The minimum atomic E-state index is -4.48. The first-order valence-corrected chi connectivity index (χ1v) is 9.49. The topological polar surface area (TPSA) is 58.6 Å². The SMILES string of the molecule is CN(c1cnc(C(F)(F)F)cn1)C1CCC2(CC1)CN(C(=O)OC(C)(C)C)C2. The molecule has 0 aromatic carbocycles. The quantitative estimate of drug-likeness (QED) is 0.748. The highest BCUT2D eigenvalue weighted by Crippen LogP contribution is 2.45. The Kier molecular flexibility index (Phi) is 5.22. The summed E-state index contributed by atoms with van der Waals surface area (Å²) in [4.78, 5) is 23.2. The van der Waals surface area contributed by atoms with Gasteiger partial charge in [-0.25, -0.2) is 14.8 Å². The Hall–Kier alpha value is -2.06. The van der Waals surface area contributed by atoms with Crippen molar-refractivity contribution < 1.29 is 22.7 Å². The van der Waals surface area contributed by atoms with Gasteiger partial charge in [0.05, 0.1) is 12.4 Å². The zero-order chi connectivity index (χ0) is 20.7. The summed E-state index contributed by atoms with van der Waals surface area (Å²) in [6.45, 7) is 6.97. The molecule has 1 aromatic rings. The fourth-order valence-electron chi connectivity index (χ4n) is 3.97. The summed E-state index contributed by atoms with van der Waals surface area (Å²) in [5, 5.41) is 0. The maximum Gasteiger partial charge on any atom is 0.434 e. The van der Waals surface area contributed by atoms with Crippen LogP contribution in [0, 0.1) is 5.41 Å². The molecule has 0 N–H and O–H groups in total. The number of carbonyl (C=O) groups is 1. The number of alkyl halides is 3. The average Bonchev–Trinajstić information content (AvgIpc) is 2.57. The smallest absolute Gasteiger partial charge is 0.434 e. The standard InChI is InChI=1S/C19H27F3N4O2/c1-17(2,3)28-16(27)26-11-18(12-26)7-5-13(6-8-18)25(4)15-10-23-14(9-24-15)19(20,21)22/h9-10,13H,5-8,11-12H2,1-4H3. The molecule has 1 saturated heterocycles. The summed E-state index contributed by atoms with van der Waals surface area (Å²) in [7, 11) is 1.84. The van der Waals surface area contributed by atoms with Crippen molar-refractivity contribution >= 4 is 11.9 Å². The van der Waals surface area contributed by atoms with Crippen molar-refractivity contribution in [1.82, 2.24) is 14.9 Å². The lowest BCUT2D eigenvalue weighted by atomic mass is 9.67. The van der Waals surface area contributed by atoms with Gasteiger partial charge in [-0.1, -0.05) is 0 Å². The van der Waals surface area contributed by atoms with Gasteiger partial charge in [0.15, 0.2) is 5.69 Å². The van der Waals surface area contributed by atoms with E-state index in [-0.39, 0.29) is 17.6 Å². The maximum atomic E-state index is 12.6. The van der Waals surface area contributed by atoms with E-state index >= 15 is 0 Å². The second-order valence-electron chi connectivity index (χ2n) is 8.94. The number of rotatable bonds is 2. The summed E-state index contributed by atoms with van der Waals surface area (Å²) in [5.41, 5.74) is -1.34. The predicted molar refractivity (Wildman–Crippen MR) is 97.9 cm³/mol. The van der Waals surface area contributed by atoms with Gasteiger partial charge in [-0.3, -0.25) is 0 Å². The van der Waals surface area contributed by atoms with Crippen LogP contribution in [0.1, 0.15) is 52.1 Å². The van der Waals surface area contributed by atoms with E-state index in [9.17, 15) is 18.0 Å². The van der Waals surface area contributed by atoms with Crippen LogP contribution >= 0.6 is 0 Å². The van der Waals surface area contributed by atoms with E-state index in [1.807, 2.05) is 32.7 Å². The monoisotopic (exact) mass is 400 g/mol. The molecule has 2 aliphatic rings. The summed E-state index contributed by atoms with van der Waals surface area (Å²) >= 11 is 0. The van der Waals surface area contributed by atoms with Gasteiger partial charge in [-0.05, 0) is 46.5 Å². The van der Waals surface area contributed by atoms with Crippen LogP contribution in [0.5, 0.6) is 0 Å². The van der Waals surface area contributed by atoms with Crippen LogP contribution in [0.25, 0.3) is 0 Å². The largest absolute Gasteiger partial charge is 0.444 e. The minimum absolute atomic E-state index is 0.139. The van der Waals surface area contributed by atoms with E-state index in [1.54, 1.807) is 4.90 Å². The Balaban J connectivity index is 1.51. The van der Waals surface area contributed by atoms with Gasteiger partial charge in [0, 0.05) is 31.6 Å². The molecule has 1 aliphatic carbocycles. The van der Waals surface area contributed by atoms with E-state index in [4.69, 9.17) is 4.74 Å². The van der Waals surface area contributed by atoms with Crippen LogP contribution in [-0.2, 0) is 10.9 Å². The van der Waals surface area contributed by atoms with Crippen LogP contribution in [0.3, 0.4) is 0 Å². The van der Waals surface area contributed by atoms with Crippen molar-refractivity contribution in [3.63, 3.8) is 0 Å². The molecule has 28 heavy (non-hydrogen) atoms. The van der Waals surface area contributed by atoms with Gasteiger partial charge >= 0.3 is 12.3 Å². The molecule has 2 heterocycles. The fourth-order valence-corrected chi connectivity index (χ4v) is 3.97. The Morgan fingerprint density at radius 3 is 2.25 bits per heavy atom. The van der Waals surface area contributed by atoms with Gasteiger partial charge in [-0.2, -0.15) is 13.2 Å². The number of nitrogens with zero attached hydrogens (tertiary/aromatic N) is 4. The summed E-state index contributed by atoms with van der Waals surface area (Å²) < 4.78 is 43.3. The van der Waals surface area contributed by atoms with Crippen molar-refractivity contribution in [1.29, 1.82) is 0 Å². The lowest BCUT2D eigenvalue weighted by Crippen LogP contribution is -2.61. The number of carbonyl (C=O) groups excluding carboxylic acids is 1. The lowest BCUT2D eigenvalue weighted by molar-refractivity contribution is -0.141. The fraction of sp³-hybridized carbons (Fsp3) is 0.737. The zero-order valence-corrected chi connectivity index (χ0v) is 16.7. The van der Waals surface area contributed by atoms with Crippen molar-refractivity contribution in [3.8, 4) is 0 Å². The van der Waals surface area contributed by atoms with E-state index in [1.165, 1.54) is 6.20 Å². The molecule has 0 atom stereocenters. The third-order valence-corrected chi connectivity index (χ3v) is 5.56. The highest BCUT2D eigenvalue weighted by atomic mass is 19.4. The van der Waals surface area contributed by atoms with Crippen LogP contribution < -0.4 is 4.90 Å². The number of hydrogen-bond acceptors (Lipinski definition) is 5. The highest BCUT2D eigenvalue weighted by molar-refractivity contribution is 5.69. The van der Waals surface area contributed by atoms with E-state index in [2.05, 4.69) is 9.97 Å². The first-order valence-electron chi connectivity index (χ1n) is 9.49. The predicted octanol–water partition coefficient (Wildman–Crippen LogP) is 4.11. The van der Waals surface area contributed by atoms with Gasteiger partial charge in [0.25, 0.3) is 0 Å². The second kappa shape index (κ2) is 7.08. The lowest BCUT2D eigenvalue weighted by Gasteiger charge is -2.53. The molecule has 156 valence electrons. The summed E-state index contributed by atoms with van der Waals surface area (Å²) in [6.07, 6.45) is 0.957. The third-order valence-electron chi connectivity index (χ3n) is 5.56. The normalized spacial score (nSPS) is 20.0. The Bertz CT molecular complexity index is 699. The Morgan fingerprint density at radius 1 is 1.18 bits per heavy atom. The molecule has 1 amide bonds. The molecule has 1 spiro atoms. The van der Waals surface area contributed by atoms with Crippen LogP contribution in [-0.4, -0.2) is 52.7 Å². The molecule has 1 aromatic heterocycles. The van der Waals surface area contributed by atoms with E-state index in [0.29, 0.717) is 18.9 Å². The molecule has 0 bridgehead atoms. The molecule has 0 unspecified atom stereocenters. The van der Waals surface area contributed by atoms with Crippen LogP contribution in [0.15, 0.2) is 12.4 Å². The molecular weight excluding hydrogens is 373 g/mol. The van der Waals surface area contributed by atoms with Crippen molar-refractivity contribution in [3.05, 3.63) is 18.1 Å². The number of hydrogen-bond donors (Lipinski definition) is 0. The number of aromatic nitrogens is 2. The number of ether oxygens (including phenoxy) is 1. The van der Waals surface area contributed by atoms with Gasteiger partial charge in [0.2, 0.25) is 0 Å². The molecule has 9 heteroatoms. The first-order chi connectivity index (χ1) is 12.9. The molecule has 6 nitrogen and oxygen atoms in total. The Morgan fingerprint density at radius 2 is 1.79 bits per heavy atom. The molecule has 1 saturated carbocycles. The number of likely N-dealkylation sites (tertiary alicyclic amines) is 1. The van der Waals surface area contributed by atoms with Crippen molar-refractivity contribution in [2.45, 2.75) is 64.3 Å². The second-order valence-corrected chi connectivity index (χ2v) is 8.94. The van der Waals surface area contributed by atoms with Crippen molar-refractivity contribution in [2.75, 3.05) is 25.0 Å².